The van der Waals surface area contributed by atoms with Gasteiger partial charge in [0.2, 0.25) is 0 Å². The highest BCUT2D eigenvalue weighted by Gasteiger charge is 2.29. The molecule has 1 saturated carbocycles. The largest absolute Gasteiger partial charge is 0.478 e. The Bertz CT molecular complexity index is 1200. The van der Waals surface area contributed by atoms with Gasteiger partial charge in [-0.25, -0.2) is 4.79 Å². The zero-order chi connectivity index (χ0) is 20.0. The molecule has 0 unspecified atom stereocenters. The lowest BCUT2D eigenvalue weighted by molar-refractivity contribution is 0.0697. The number of hydrogen-bond donors (Lipinski definition) is 1. The van der Waals surface area contributed by atoms with Gasteiger partial charge < -0.3 is 9.67 Å². The predicted molar refractivity (Wildman–Crippen MR) is 114 cm³/mol. The van der Waals surface area contributed by atoms with Gasteiger partial charge in [0.05, 0.1) is 23.9 Å². The second kappa shape index (κ2) is 6.93. The summed E-state index contributed by atoms with van der Waals surface area (Å²) in [6, 6.07) is 16.0. The summed E-state index contributed by atoms with van der Waals surface area (Å²) in [4.78, 5) is 11.6. The number of allylic oxidation sites excluding steroid dienone is 1. The normalized spacial score (nSPS) is 16.4. The van der Waals surface area contributed by atoms with Crippen molar-refractivity contribution in [3.05, 3.63) is 64.7 Å². The SMILES string of the molecule is N#CC1=Cc2ccccc2-c2c(C3CCCCC3)c3ccc(C(=O)O)cc3n2C1. The molecule has 0 spiro atoms. The molecule has 4 nitrogen and oxygen atoms in total. The Hall–Kier alpha value is -3.32. The fourth-order valence-electron chi connectivity index (χ4n) is 5.08. The van der Waals surface area contributed by atoms with E-state index in [2.05, 4.69) is 22.8 Å². The molecule has 3 aromatic rings. The average molecular weight is 382 g/mol. The van der Waals surface area contributed by atoms with Gasteiger partial charge in [-0.2, -0.15) is 5.26 Å². The quantitative estimate of drug-likeness (QED) is 0.593. The first-order valence-corrected chi connectivity index (χ1v) is 10.3. The van der Waals surface area contributed by atoms with Crippen LogP contribution in [0.5, 0.6) is 0 Å². The number of nitriles is 1. The van der Waals surface area contributed by atoms with E-state index in [1.165, 1.54) is 24.8 Å². The number of nitrogens with zero attached hydrogens (tertiary/aromatic N) is 2. The summed E-state index contributed by atoms with van der Waals surface area (Å²) in [6.07, 6.45) is 8.03. The molecule has 144 valence electrons. The Morgan fingerprint density at radius 3 is 2.66 bits per heavy atom. The van der Waals surface area contributed by atoms with Crippen molar-refractivity contribution in [2.24, 2.45) is 0 Å². The standard InChI is InChI=1S/C25H22N2O2/c26-14-16-12-18-8-4-5-9-20(18)24-23(17-6-2-1-3-7-17)21-11-10-19(25(28)29)13-22(21)27(24)15-16/h4-5,8-13,17H,1-3,6-7,15H2,(H,28,29). The van der Waals surface area contributed by atoms with Crippen LogP contribution in [0.3, 0.4) is 0 Å². The third-order valence-electron chi connectivity index (χ3n) is 6.38. The van der Waals surface area contributed by atoms with Crippen LogP contribution in [0.25, 0.3) is 28.2 Å². The number of carbonyl (C=O) groups is 1. The molecular formula is C25H22N2O2. The van der Waals surface area contributed by atoms with Gasteiger partial charge in [-0.05, 0) is 48.1 Å². The van der Waals surface area contributed by atoms with Gasteiger partial charge in [0.25, 0.3) is 0 Å². The van der Waals surface area contributed by atoms with E-state index in [9.17, 15) is 15.2 Å². The number of fused-ring (bicyclic) bond motifs is 5. The summed E-state index contributed by atoms with van der Waals surface area (Å²) < 4.78 is 2.17. The van der Waals surface area contributed by atoms with Crippen molar-refractivity contribution in [1.29, 1.82) is 5.26 Å². The van der Waals surface area contributed by atoms with Gasteiger partial charge in [-0.3, -0.25) is 0 Å². The van der Waals surface area contributed by atoms with Gasteiger partial charge >= 0.3 is 5.97 Å². The van der Waals surface area contributed by atoms with Gasteiger partial charge in [-0.15, -0.1) is 0 Å². The average Bonchev–Trinajstić information content (AvgIpc) is 2.97. The first-order chi connectivity index (χ1) is 14.2. The smallest absolute Gasteiger partial charge is 0.335 e. The highest BCUT2D eigenvalue weighted by molar-refractivity contribution is 5.99. The van der Waals surface area contributed by atoms with Crippen LogP contribution in [0, 0.1) is 11.3 Å². The van der Waals surface area contributed by atoms with Gasteiger partial charge in [0, 0.05) is 22.0 Å². The predicted octanol–water partition coefficient (Wildman–Crippen LogP) is 5.97. The molecule has 4 heteroatoms. The number of aromatic carboxylic acids is 1. The maximum atomic E-state index is 11.6. The van der Waals surface area contributed by atoms with Gasteiger partial charge in [0.15, 0.2) is 0 Å². The molecule has 0 bridgehead atoms. The Morgan fingerprint density at radius 1 is 1.10 bits per heavy atom. The molecule has 2 heterocycles. The monoisotopic (exact) mass is 382 g/mol. The number of aromatic nitrogens is 1. The van der Waals surface area contributed by atoms with Gasteiger partial charge in [0.1, 0.15) is 0 Å². The maximum Gasteiger partial charge on any atom is 0.335 e. The van der Waals surface area contributed by atoms with Crippen molar-refractivity contribution in [1.82, 2.24) is 4.57 Å². The van der Waals surface area contributed by atoms with E-state index in [4.69, 9.17) is 0 Å². The summed E-state index contributed by atoms with van der Waals surface area (Å²) in [5, 5.41) is 20.4. The van der Waals surface area contributed by atoms with E-state index in [0.717, 1.165) is 40.6 Å². The molecule has 1 fully saturated rings. The fraction of sp³-hybridized carbons (Fsp3) is 0.280. The van der Waals surface area contributed by atoms with Crippen molar-refractivity contribution in [3.8, 4) is 17.3 Å². The van der Waals surface area contributed by atoms with Crippen molar-refractivity contribution in [2.75, 3.05) is 0 Å². The molecule has 1 aromatic heterocycles. The molecule has 2 aromatic carbocycles. The first kappa shape index (κ1) is 17.8. The van der Waals surface area contributed by atoms with E-state index in [1.54, 1.807) is 12.1 Å². The topological polar surface area (TPSA) is 66.0 Å². The molecule has 0 radical (unpaired) electrons. The third kappa shape index (κ3) is 2.86. The highest BCUT2D eigenvalue weighted by Crippen LogP contribution is 2.46. The zero-order valence-corrected chi connectivity index (χ0v) is 16.2. The van der Waals surface area contributed by atoms with Crippen LogP contribution in [-0.4, -0.2) is 15.6 Å². The van der Waals surface area contributed by atoms with Crippen LogP contribution in [-0.2, 0) is 6.54 Å². The van der Waals surface area contributed by atoms with E-state index in [1.807, 2.05) is 24.3 Å². The molecule has 0 atom stereocenters. The molecule has 1 N–H and O–H groups in total. The minimum absolute atomic E-state index is 0.285. The van der Waals surface area contributed by atoms with Crippen LogP contribution in [0.2, 0.25) is 0 Å². The lowest BCUT2D eigenvalue weighted by atomic mass is 9.81. The molecule has 29 heavy (non-hydrogen) atoms. The number of carboxylic acid groups (broad SMARTS) is 1. The lowest BCUT2D eigenvalue weighted by Gasteiger charge is -2.23. The second-order valence-electron chi connectivity index (χ2n) is 8.09. The summed E-state index contributed by atoms with van der Waals surface area (Å²) in [7, 11) is 0. The molecule has 0 saturated heterocycles. The van der Waals surface area contributed by atoms with Crippen molar-refractivity contribution in [3.63, 3.8) is 0 Å². The molecular weight excluding hydrogens is 360 g/mol. The third-order valence-corrected chi connectivity index (χ3v) is 6.38. The van der Waals surface area contributed by atoms with Crippen LogP contribution in [0.15, 0.2) is 48.0 Å². The van der Waals surface area contributed by atoms with Crippen LogP contribution >= 0.6 is 0 Å². The number of carboxylic acids is 1. The summed E-state index contributed by atoms with van der Waals surface area (Å²) in [5.74, 6) is -0.457. The number of hydrogen-bond acceptors (Lipinski definition) is 2. The summed E-state index contributed by atoms with van der Waals surface area (Å²) >= 11 is 0. The Balaban J connectivity index is 1.88. The van der Waals surface area contributed by atoms with Gasteiger partial charge in [-0.1, -0.05) is 49.6 Å². The zero-order valence-electron chi connectivity index (χ0n) is 16.2. The lowest BCUT2D eigenvalue weighted by Crippen LogP contribution is -2.07. The summed E-state index contributed by atoms with van der Waals surface area (Å²) in [6.45, 7) is 0.465. The van der Waals surface area contributed by atoms with E-state index in [-0.39, 0.29) is 5.56 Å². The minimum atomic E-state index is -0.924. The molecule has 2 aliphatic rings. The number of rotatable bonds is 2. The molecule has 5 rings (SSSR count). The van der Waals surface area contributed by atoms with E-state index in [0.29, 0.717) is 18.0 Å². The highest BCUT2D eigenvalue weighted by atomic mass is 16.4. The van der Waals surface area contributed by atoms with Crippen LogP contribution in [0.1, 0.15) is 59.5 Å². The Kier molecular flexibility index (Phi) is 4.24. The Labute approximate surface area is 169 Å². The summed E-state index contributed by atoms with van der Waals surface area (Å²) in [5.41, 5.74) is 6.56. The van der Waals surface area contributed by atoms with Crippen molar-refractivity contribution >= 4 is 22.9 Å². The maximum absolute atomic E-state index is 11.6. The first-order valence-electron chi connectivity index (χ1n) is 10.3. The Morgan fingerprint density at radius 2 is 1.90 bits per heavy atom. The second-order valence-corrected chi connectivity index (χ2v) is 8.09. The molecule has 1 aliphatic carbocycles. The fourth-order valence-corrected chi connectivity index (χ4v) is 5.08. The molecule has 1 aliphatic heterocycles. The van der Waals surface area contributed by atoms with Crippen molar-refractivity contribution in [2.45, 2.75) is 44.6 Å². The van der Waals surface area contributed by atoms with E-state index < -0.39 is 5.97 Å². The van der Waals surface area contributed by atoms with Crippen LogP contribution in [0.4, 0.5) is 0 Å². The molecule has 0 amide bonds. The van der Waals surface area contributed by atoms with E-state index >= 15 is 0 Å². The minimum Gasteiger partial charge on any atom is -0.478 e. The number of benzene rings is 2. The van der Waals surface area contributed by atoms with Crippen LogP contribution < -0.4 is 0 Å². The van der Waals surface area contributed by atoms with Crippen molar-refractivity contribution < 1.29 is 9.90 Å².